The monoisotopic (exact) mass is 400 g/mol. The fourth-order valence-corrected chi connectivity index (χ4v) is 4.75. The summed E-state index contributed by atoms with van der Waals surface area (Å²) in [6, 6.07) is 1.84. The van der Waals surface area contributed by atoms with Gasteiger partial charge in [0.2, 0.25) is 5.91 Å². The Morgan fingerprint density at radius 1 is 1.28 bits per heavy atom. The normalized spacial score (nSPS) is 18.2. The Morgan fingerprint density at radius 3 is 2.72 bits per heavy atom. The summed E-state index contributed by atoms with van der Waals surface area (Å²) in [7, 11) is 1.54. The molecule has 0 aromatic carbocycles. The van der Waals surface area contributed by atoms with E-state index in [0.29, 0.717) is 44.7 Å². The van der Waals surface area contributed by atoms with Gasteiger partial charge >= 0.3 is 0 Å². The number of piperidine rings is 1. The highest BCUT2D eigenvalue weighted by Gasteiger charge is 2.49. The van der Waals surface area contributed by atoms with Crippen LogP contribution in [-0.2, 0) is 28.0 Å². The van der Waals surface area contributed by atoms with Crippen molar-refractivity contribution >= 4 is 11.8 Å². The number of H-pyrrole nitrogens is 1. The van der Waals surface area contributed by atoms with Crippen molar-refractivity contribution in [2.45, 2.75) is 45.2 Å². The lowest BCUT2D eigenvalue weighted by molar-refractivity contribution is -0.145. The zero-order chi connectivity index (χ0) is 20.6. The van der Waals surface area contributed by atoms with E-state index in [1.54, 1.807) is 11.0 Å². The van der Waals surface area contributed by atoms with Gasteiger partial charge in [0.15, 0.2) is 0 Å². The Hall–Kier alpha value is -2.68. The number of methoxy groups -OCH3 is 1. The molecule has 1 N–H and O–H groups in total. The number of nitrogens with one attached hydrogen (secondary N) is 1. The number of aryl methyl sites for hydroxylation is 2. The van der Waals surface area contributed by atoms with Gasteiger partial charge in [0.1, 0.15) is 12.3 Å². The Kier molecular flexibility index (Phi) is 5.16. The zero-order valence-corrected chi connectivity index (χ0v) is 17.3. The first-order valence-electron chi connectivity index (χ1n) is 10.2. The number of rotatable bonds is 4. The topological polar surface area (TPSA) is 96.4 Å². The number of ether oxygens (including phenoxy) is 1. The zero-order valence-electron chi connectivity index (χ0n) is 17.3. The number of carbonyl (C=O) groups is 2. The van der Waals surface area contributed by atoms with Crippen LogP contribution in [0.15, 0.2) is 12.4 Å². The number of nitrogens with zero attached hydrogens (tertiary/aromatic N) is 5. The first kappa shape index (κ1) is 19.6. The fraction of sp³-hybridized carbons (Fsp3) is 0.600. The molecule has 2 aliphatic heterocycles. The largest absolute Gasteiger partial charge is 0.375 e. The highest BCUT2D eigenvalue weighted by atomic mass is 16.5. The van der Waals surface area contributed by atoms with Crippen LogP contribution in [0.4, 0.5) is 0 Å². The summed E-state index contributed by atoms with van der Waals surface area (Å²) in [6.07, 6.45) is 3.78. The van der Waals surface area contributed by atoms with Gasteiger partial charge in [0.05, 0.1) is 23.3 Å². The van der Waals surface area contributed by atoms with Gasteiger partial charge in [-0.3, -0.25) is 14.3 Å². The van der Waals surface area contributed by atoms with Gasteiger partial charge < -0.3 is 19.5 Å². The second-order valence-corrected chi connectivity index (χ2v) is 7.77. The van der Waals surface area contributed by atoms with Crippen LogP contribution in [0.2, 0.25) is 0 Å². The van der Waals surface area contributed by atoms with Crippen LogP contribution >= 0.6 is 0 Å². The molecule has 0 bridgehead atoms. The van der Waals surface area contributed by atoms with Gasteiger partial charge in [-0.05, 0) is 32.8 Å². The van der Waals surface area contributed by atoms with Crippen LogP contribution in [0.25, 0.3) is 0 Å². The Labute approximate surface area is 170 Å². The van der Waals surface area contributed by atoms with Crippen LogP contribution in [0.3, 0.4) is 0 Å². The molecule has 4 rings (SSSR count). The maximum absolute atomic E-state index is 13.1. The predicted octanol–water partition coefficient (Wildman–Crippen LogP) is 1.10. The number of aromatic amines is 1. The van der Waals surface area contributed by atoms with Gasteiger partial charge in [-0.15, -0.1) is 0 Å². The van der Waals surface area contributed by atoms with E-state index in [1.807, 2.05) is 29.7 Å². The molecule has 9 heteroatoms. The van der Waals surface area contributed by atoms with Crippen molar-refractivity contribution < 1.29 is 14.3 Å². The minimum Gasteiger partial charge on any atom is -0.375 e. The van der Waals surface area contributed by atoms with Crippen LogP contribution in [0.5, 0.6) is 0 Å². The summed E-state index contributed by atoms with van der Waals surface area (Å²) in [4.78, 5) is 37.5. The third kappa shape index (κ3) is 3.23. The summed E-state index contributed by atoms with van der Waals surface area (Å²) >= 11 is 0. The number of imidazole rings is 1. The second kappa shape index (κ2) is 7.62. The van der Waals surface area contributed by atoms with Crippen LogP contribution < -0.4 is 0 Å². The molecule has 156 valence electrons. The molecule has 2 aromatic heterocycles. The number of aromatic nitrogens is 4. The first-order valence-corrected chi connectivity index (χ1v) is 10.2. The molecular weight excluding hydrogens is 372 g/mol. The standard InChI is InChI=1S/C20H28N6O3/c1-4-26-16(11-14(2)23-26)19(28)24-9-6-20(7-10-24)18-15(21-13-22-18)5-8-25(20)17(27)12-29-3/h11,13H,4-10,12H2,1-3H3,(H,21,22). The molecule has 2 amide bonds. The van der Waals surface area contributed by atoms with Gasteiger partial charge in [0, 0.05) is 45.4 Å². The number of amides is 2. The number of likely N-dealkylation sites (tertiary alicyclic amines) is 1. The molecule has 1 fully saturated rings. The van der Waals surface area contributed by atoms with Crippen LogP contribution in [-0.4, -0.2) is 74.7 Å². The van der Waals surface area contributed by atoms with E-state index in [0.717, 1.165) is 23.5 Å². The number of hydrogen-bond donors (Lipinski definition) is 1. The van der Waals surface area contributed by atoms with E-state index < -0.39 is 5.54 Å². The van der Waals surface area contributed by atoms with Crippen molar-refractivity contribution in [1.82, 2.24) is 29.5 Å². The maximum atomic E-state index is 13.1. The summed E-state index contributed by atoms with van der Waals surface area (Å²) in [5.74, 6) is -0.0317. The lowest BCUT2D eigenvalue weighted by Crippen LogP contribution is -2.59. The summed E-state index contributed by atoms with van der Waals surface area (Å²) in [5.41, 5.74) is 3.01. The maximum Gasteiger partial charge on any atom is 0.272 e. The Morgan fingerprint density at radius 2 is 2.03 bits per heavy atom. The lowest BCUT2D eigenvalue weighted by Gasteiger charge is -2.50. The molecular formula is C20H28N6O3. The molecule has 4 heterocycles. The van der Waals surface area contributed by atoms with E-state index in [-0.39, 0.29) is 18.4 Å². The highest BCUT2D eigenvalue weighted by molar-refractivity contribution is 5.93. The van der Waals surface area contributed by atoms with Crippen LogP contribution in [0, 0.1) is 6.92 Å². The molecule has 0 aliphatic carbocycles. The summed E-state index contributed by atoms with van der Waals surface area (Å²) in [6.45, 7) is 6.35. The fourth-order valence-electron chi connectivity index (χ4n) is 4.75. The smallest absolute Gasteiger partial charge is 0.272 e. The molecule has 1 spiro atoms. The van der Waals surface area contributed by atoms with Crippen molar-refractivity contribution in [3.8, 4) is 0 Å². The van der Waals surface area contributed by atoms with E-state index in [9.17, 15) is 9.59 Å². The molecule has 2 aliphatic rings. The Bertz CT molecular complexity index is 909. The van der Waals surface area contributed by atoms with E-state index >= 15 is 0 Å². The molecule has 29 heavy (non-hydrogen) atoms. The number of carbonyl (C=O) groups excluding carboxylic acids is 2. The minimum absolute atomic E-state index is 0.00451. The molecule has 0 radical (unpaired) electrons. The number of hydrogen-bond acceptors (Lipinski definition) is 5. The van der Waals surface area contributed by atoms with E-state index in [1.165, 1.54) is 7.11 Å². The summed E-state index contributed by atoms with van der Waals surface area (Å²) in [5, 5.41) is 4.40. The first-order chi connectivity index (χ1) is 14.0. The van der Waals surface area contributed by atoms with Gasteiger partial charge in [-0.25, -0.2) is 4.98 Å². The third-order valence-corrected chi connectivity index (χ3v) is 6.13. The molecule has 0 unspecified atom stereocenters. The van der Waals surface area contributed by atoms with E-state index in [2.05, 4.69) is 15.1 Å². The lowest BCUT2D eigenvalue weighted by atomic mass is 9.78. The predicted molar refractivity (Wildman–Crippen MR) is 105 cm³/mol. The molecule has 2 aromatic rings. The quantitative estimate of drug-likeness (QED) is 0.829. The molecule has 9 nitrogen and oxygen atoms in total. The van der Waals surface area contributed by atoms with Gasteiger partial charge in [-0.2, -0.15) is 5.10 Å². The molecule has 1 saturated heterocycles. The second-order valence-electron chi connectivity index (χ2n) is 7.77. The highest BCUT2D eigenvalue weighted by Crippen LogP contribution is 2.42. The van der Waals surface area contributed by atoms with Crippen molar-refractivity contribution in [1.29, 1.82) is 0 Å². The average molecular weight is 400 g/mol. The van der Waals surface area contributed by atoms with Crippen molar-refractivity contribution in [2.75, 3.05) is 33.4 Å². The van der Waals surface area contributed by atoms with E-state index in [4.69, 9.17) is 4.74 Å². The number of fused-ring (bicyclic) bond motifs is 2. The van der Waals surface area contributed by atoms with Crippen molar-refractivity contribution in [2.24, 2.45) is 0 Å². The van der Waals surface area contributed by atoms with Crippen molar-refractivity contribution in [3.63, 3.8) is 0 Å². The molecule has 0 saturated carbocycles. The van der Waals surface area contributed by atoms with Gasteiger partial charge in [0.25, 0.3) is 5.91 Å². The Balaban J connectivity index is 1.58. The minimum atomic E-state index is -0.485. The molecule has 0 atom stereocenters. The SMILES string of the molecule is CCn1nc(C)cc1C(=O)N1CCC2(CC1)c1nc[nH]c1CCN2C(=O)COC. The summed E-state index contributed by atoms with van der Waals surface area (Å²) < 4.78 is 6.86. The van der Waals surface area contributed by atoms with Crippen LogP contribution in [0.1, 0.15) is 47.3 Å². The third-order valence-electron chi connectivity index (χ3n) is 6.13. The van der Waals surface area contributed by atoms with Crippen molar-refractivity contribution in [3.05, 3.63) is 35.2 Å². The van der Waals surface area contributed by atoms with Gasteiger partial charge in [-0.1, -0.05) is 0 Å². The average Bonchev–Trinajstić information content (AvgIpc) is 3.35.